The highest BCUT2D eigenvalue weighted by atomic mass is 16.4. The second-order valence-corrected chi connectivity index (χ2v) is 5.79. The molecule has 0 bridgehead atoms. The molecule has 0 aromatic carbocycles. The number of aliphatic carboxylic acids is 1. The van der Waals surface area contributed by atoms with Crippen LogP contribution in [0.15, 0.2) is 0 Å². The van der Waals surface area contributed by atoms with Gasteiger partial charge in [0.1, 0.15) is 0 Å². The average molecular weight is 239 g/mol. The molecule has 2 aliphatic carbocycles. The molecule has 0 aliphatic heterocycles. The largest absolute Gasteiger partial charge is 0.481 e. The van der Waals surface area contributed by atoms with Crippen molar-refractivity contribution in [3.05, 3.63) is 0 Å². The Morgan fingerprint density at radius 2 is 1.88 bits per heavy atom. The van der Waals surface area contributed by atoms with Gasteiger partial charge in [-0.3, -0.25) is 9.59 Å². The van der Waals surface area contributed by atoms with Gasteiger partial charge in [0.15, 0.2) is 0 Å². The minimum atomic E-state index is -0.728. The van der Waals surface area contributed by atoms with Crippen LogP contribution in [0.4, 0.5) is 0 Å². The lowest BCUT2D eigenvalue weighted by atomic mass is 9.87. The molecule has 0 unspecified atom stereocenters. The fourth-order valence-corrected chi connectivity index (χ4v) is 3.08. The van der Waals surface area contributed by atoms with Gasteiger partial charge in [-0.15, -0.1) is 0 Å². The Kier molecular flexibility index (Phi) is 3.40. The summed E-state index contributed by atoms with van der Waals surface area (Å²) in [6.45, 7) is 2.03. The van der Waals surface area contributed by atoms with Gasteiger partial charge in [-0.25, -0.2) is 0 Å². The Balaban J connectivity index is 1.86. The van der Waals surface area contributed by atoms with E-state index in [0.29, 0.717) is 12.8 Å². The predicted octanol–water partition coefficient (Wildman–Crippen LogP) is 1.94. The molecule has 4 nitrogen and oxygen atoms in total. The first-order valence-corrected chi connectivity index (χ1v) is 6.55. The van der Waals surface area contributed by atoms with Crippen LogP contribution in [-0.2, 0) is 9.59 Å². The maximum absolute atomic E-state index is 12.1. The van der Waals surface area contributed by atoms with E-state index in [9.17, 15) is 9.59 Å². The third-order valence-electron chi connectivity index (χ3n) is 4.37. The minimum Gasteiger partial charge on any atom is -0.481 e. The Morgan fingerprint density at radius 1 is 1.24 bits per heavy atom. The number of carbonyl (C=O) groups excluding carboxylic acids is 1. The highest BCUT2D eigenvalue weighted by Crippen LogP contribution is 2.38. The summed E-state index contributed by atoms with van der Waals surface area (Å²) >= 11 is 0. The number of rotatable bonds is 3. The zero-order chi connectivity index (χ0) is 12.5. The number of nitrogens with one attached hydrogen (secondary N) is 1. The van der Waals surface area contributed by atoms with Gasteiger partial charge >= 0.3 is 5.97 Å². The van der Waals surface area contributed by atoms with E-state index in [2.05, 4.69) is 5.32 Å². The van der Waals surface area contributed by atoms with Crippen LogP contribution in [0, 0.1) is 11.3 Å². The predicted molar refractivity (Wildman–Crippen MR) is 63.5 cm³/mol. The molecule has 2 rings (SSSR count). The van der Waals surface area contributed by atoms with E-state index in [-0.39, 0.29) is 23.3 Å². The maximum Gasteiger partial charge on any atom is 0.306 e. The van der Waals surface area contributed by atoms with E-state index in [1.54, 1.807) is 0 Å². The summed E-state index contributed by atoms with van der Waals surface area (Å²) < 4.78 is 0. The van der Waals surface area contributed by atoms with Gasteiger partial charge in [0, 0.05) is 11.5 Å². The van der Waals surface area contributed by atoms with Crippen LogP contribution in [0.5, 0.6) is 0 Å². The molecule has 0 radical (unpaired) electrons. The van der Waals surface area contributed by atoms with E-state index in [1.807, 2.05) is 6.92 Å². The maximum atomic E-state index is 12.1. The van der Waals surface area contributed by atoms with Crippen molar-refractivity contribution >= 4 is 11.9 Å². The van der Waals surface area contributed by atoms with Crippen LogP contribution in [0.2, 0.25) is 0 Å². The van der Waals surface area contributed by atoms with Crippen molar-refractivity contribution in [2.75, 3.05) is 0 Å². The summed E-state index contributed by atoms with van der Waals surface area (Å²) in [6.07, 6.45) is 6.29. The van der Waals surface area contributed by atoms with Crippen molar-refractivity contribution < 1.29 is 14.7 Å². The quantitative estimate of drug-likeness (QED) is 0.791. The Morgan fingerprint density at radius 3 is 2.41 bits per heavy atom. The number of carbonyl (C=O) groups is 2. The molecule has 0 saturated heterocycles. The monoisotopic (exact) mass is 239 g/mol. The summed E-state index contributed by atoms with van der Waals surface area (Å²) in [6, 6.07) is 0.0704. The zero-order valence-electron chi connectivity index (χ0n) is 10.4. The number of amides is 1. The molecular weight excluding hydrogens is 218 g/mol. The standard InChI is InChI=1S/C13H21NO3/c1-13(6-2-3-7-13)12(17)14-10-5-4-9(8-10)11(15)16/h9-10H,2-8H2,1H3,(H,14,17)(H,15,16)/t9-,10+/m0/s1. The average Bonchev–Trinajstić information content (AvgIpc) is 2.88. The lowest BCUT2D eigenvalue weighted by Gasteiger charge is -2.25. The van der Waals surface area contributed by atoms with Crippen LogP contribution in [0.25, 0.3) is 0 Å². The van der Waals surface area contributed by atoms with Gasteiger partial charge in [-0.2, -0.15) is 0 Å². The van der Waals surface area contributed by atoms with E-state index >= 15 is 0 Å². The lowest BCUT2D eigenvalue weighted by Crippen LogP contribution is -2.42. The number of carboxylic acid groups (broad SMARTS) is 1. The molecule has 2 aliphatic rings. The van der Waals surface area contributed by atoms with Crippen LogP contribution in [-0.4, -0.2) is 23.0 Å². The normalized spacial score (nSPS) is 31.4. The number of hydrogen-bond donors (Lipinski definition) is 2. The zero-order valence-corrected chi connectivity index (χ0v) is 10.4. The fourth-order valence-electron chi connectivity index (χ4n) is 3.08. The van der Waals surface area contributed by atoms with Gasteiger partial charge in [0.2, 0.25) is 5.91 Å². The van der Waals surface area contributed by atoms with E-state index in [4.69, 9.17) is 5.11 Å². The fraction of sp³-hybridized carbons (Fsp3) is 0.846. The third kappa shape index (κ3) is 2.61. The smallest absolute Gasteiger partial charge is 0.306 e. The van der Waals surface area contributed by atoms with Crippen LogP contribution in [0.1, 0.15) is 51.9 Å². The number of carboxylic acids is 1. The first kappa shape index (κ1) is 12.4. The van der Waals surface area contributed by atoms with Crippen LogP contribution in [0.3, 0.4) is 0 Å². The van der Waals surface area contributed by atoms with Gasteiger partial charge < -0.3 is 10.4 Å². The van der Waals surface area contributed by atoms with E-state index < -0.39 is 5.97 Å². The number of hydrogen-bond acceptors (Lipinski definition) is 2. The Hall–Kier alpha value is -1.06. The van der Waals surface area contributed by atoms with Crippen LogP contribution < -0.4 is 5.32 Å². The summed E-state index contributed by atoms with van der Waals surface area (Å²) in [5, 5.41) is 12.0. The van der Waals surface area contributed by atoms with Crippen molar-refractivity contribution in [1.82, 2.24) is 5.32 Å². The van der Waals surface area contributed by atoms with Crippen molar-refractivity contribution in [2.45, 2.75) is 57.9 Å². The van der Waals surface area contributed by atoms with Crippen LogP contribution >= 0.6 is 0 Å². The molecule has 2 fully saturated rings. The second-order valence-electron chi connectivity index (χ2n) is 5.79. The van der Waals surface area contributed by atoms with Gasteiger partial charge in [-0.1, -0.05) is 19.8 Å². The summed E-state index contributed by atoms with van der Waals surface area (Å²) in [5.41, 5.74) is -0.207. The summed E-state index contributed by atoms with van der Waals surface area (Å²) in [5.74, 6) is -0.864. The highest BCUT2D eigenvalue weighted by molar-refractivity contribution is 5.83. The SMILES string of the molecule is CC1(C(=O)N[C@@H]2CC[C@H](C(=O)O)C2)CCCC1. The summed E-state index contributed by atoms with van der Waals surface area (Å²) in [4.78, 5) is 23.0. The molecule has 0 spiro atoms. The topological polar surface area (TPSA) is 66.4 Å². The summed E-state index contributed by atoms with van der Waals surface area (Å²) in [7, 11) is 0. The molecule has 17 heavy (non-hydrogen) atoms. The van der Waals surface area contributed by atoms with Crippen molar-refractivity contribution in [3.8, 4) is 0 Å². The lowest BCUT2D eigenvalue weighted by molar-refractivity contribution is -0.141. The molecule has 2 N–H and O–H groups in total. The molecule has 0 aromatic heterocycles. The molecule has 4 heteroatoms. The van der Waals surface area contributed by atoms with Crippen molar-refractivity contribution in [2.24, 2.45) is 11.3 Å². The molecule has 1 amide bonds. The first-order valence-electron chi connectivity index (χ1n) is 6.55. The first-order chi connectivity index (χ1) is 8.01. The third-order valence-corrected chi connectivity index (χ3v) is 4.37. The van der Waals surface area contributed by atoms with Crippen molar-refractivity contribution in [3.63, 3.8) is 0 Å². The molecular formula is C13H21NO3. The minimum absolute atomic E-state index is 0.0704. The van der Waals surface area contributed by atoms with E-state index in [0.717, 1.165) is 32.1 Å². The molecule has 0 aromatic rings. The second kappa shape index (κ2) is 4.67. The molecule has 0 heterocycles. The Bertz CT molecular complexity index is 321. The highest BCUT2D eigenvalue weighted by Gasteiger charge is 2.38. The van der Waals surface area contributed by atoms with Crippen molar-refractivity contribution in [1.29, 1.82) is 0 Å². The Labute approximate surface area is 102 Å². The van der Waals surface area contributed by atoms with Gasteiger partial charge in [0.05, 0.1) is 5.92 Å². The van der Waals surface area contributed by atoms with Gasteiger partial charge in [-0.05, 0) is 32.1 Å². The molecule has 96 valence electrons. The van der Waals surface area contributed by atoms with E-state index in [1.165, 1.54) is 0 Å². The van der Waals surface area contributed by atoms with Gasteiger partial charge in [0.25, 0.3) is 0 Å². The molecule has 2 saturated carbocycles. The molecule has 2 atom stereocenters.